The Balaban J connectivity index is 0.000000303. The number of aldehydes is 1. The molecular weight excluding hydrogens is 1520 g/mol. The van der Waals surface area contributed by atoms with Crippen molar-refractivity contribution in [2.45, 2.75) is 179 Å². The summed E-state index contributed by atoms with van der Waals surface area (Å²) in [6.45, 7) is 50.9. The smallest absolute Gasteiger partial charge is 0.187 e. The van der Waals surface area contributed by atoms with Gasteiger partial charge < -0.3 is 49.9 Å². The fourth-order valence-electron chi connectivity index (χ4n) is 12.9. The minimum atomic E-state index is -1.31. The summed E-state index contributed by atoms with van der Waals surface area (Å²) in [5.41, 5.74) is 15.0. The summed E-state index contributed by atoms with van der Waals surface area (Å²) in [6, 6.07) is 47.7. The maximum atomic E-state index is 13.5. The number of rotatable bonds is 19. The molecule has 113 heavy (non-hydrogen) atoms. The third-order valence-electron chi connectivity index (χ3n) is 18.0. The molecular formula is C88H104F4N7O11S2Ti+. The molecule has 18 nitrogen and oxygen atoms in total. The maximum Gasteiger partial charge on any atom is 0.187 e. The molecule has 6 unspecified atom stereocenters. The number of nitrogens with zero attached hydrogens (tertiary/aromatic N) is 5. The van der Waals surface area contributed by atoms with E-state index in [0.717, 1.165) is 98.9 Å². The van der Waals surface area contributed by atoms with Crippen LogP contribution in [0, 0.1) is 49.6 Å². The van der Waals surface area contributed by atoms with Crippen LogP contribution >= 0.6 is 0 Å². The van der Waals surface area contributed by atoms with Gasteiger partial charge in [0.25, 0.3) is 0 Å². The van der Waals surface area contributed by atoms with Crippen LogP contribution in [0.1, 0.15) is 187 Å². The van der Waals surface area contributed by atoms with Gasteiger partial charge in [0.15, 0.2) is 22.7 Å². The van der Waals surface area contributed by atoms with Crippen molar-refractivity contribution in [2.24, 2.45) is 4.40 Å². The molecule has 600 valence electrons. The third kappa shape index (κ3) is 26.2. The number of aliphatic hydroxyl groups is 4. The zero-order valence-corrected chi connectivity index (χ0v) is 69.2. The van der Waals surface area contributed by atoms with Crippen LogP contribution < -0.4 is 10.5 Å². The zero-order chi connectivity index (χ0) is 82.7. The van der Waals surface area contributed by atoms with Crippen LogP contribution in [0.4, 0.5) is 40.3 Å². The second-order valence-corrected chi connectivity index (χ2v) is 31.8. The van der Waals surface area contributed by atoms with Crippen LogP contribution in [0.2, 0.25) is 0 Å². The van der Waals surface area contributed by atoms with Gasteiger partial charge in [0.05, 0.1) is 79.7 Å². The Morgan fingerprint density at radius 3 is 0.965 bits per heavy atom. The van der Waals surface area contributed by atoms with E-state index in [0.29, 0.717) is 87.8 Å². The standard InChI is InChI=1S/C22H25FN2O2S.C22H23FN2O2S.C18H17FN2O.C18H14FNO2.4C2H6O.Ti/c2*1-21(2,3)28(26)25-13-5-12-22(17-6-8-18(23)9-7-17)20-11-10-19(24-4)14-16(20)15-27-22;1-21-16-7-8-17-13(11-16)12-22-18(17,9-2-10-20)14-3-5-15(19)6-4-14;1-20-16-7-8-17-13(11-16)12-22-18(17,9-2-10-21)14-3-5-15(19)6-4-14;4*1-2-3;/h6-11,14,25H,5,12-13,15H2,1-3H3;6-11,13-14H,5,12,15H2,1-3H3;3-8,11H,2,9-10,12,20H2;3-8,10-11H,2,9,12H2;4*3H,2H2,1H3;/p+1. The van der Waals surface area contributed by atoms with E-state index >= 15 is 0 Å². The molecule has 0 fully saturated rings. The molecule has 0 radical (unpaired) electrons. The number of fused-ring (bicyclic) bond motifs is 4. The average molecular weight is 1620 g/mol. The van der Waals surface area contributed by atoms with Gasteiger partial charge >= 0.3 is 0 Å². The molecule has 0 amide bonds. The van der Waals surface area contributed by atoms with E-state index in [9.17, 15) is 30.8 Å². The van der Waals surface area contributed by atoms with Gasteiger partial charge in [0.2, 0.25) is 0 Å². The van der Waals surface area contributed by atoms with Crippen molar-refractivity contribution in [3.05, 3.63) is 306 Å². The summed E-state index contributed by atoms with van der Waals surface area (Å²) in [7, 11) is -2.43. The van der Waals surface area contributed by atoms with E-state index in [4.69, 9.17) is 65.7 Å². The molecule has 4 aliphatic rings. The van der Waals surface area contributed by atoms with Gasteiger partial charge in [-0.05, 0) is 229 Å². The van der Waals surface area contributed by atoms with Crippen molar-refractivity contribution in [3.8, 4) is 0 Å². The molecule has 8 N–H and O–H groups in total. The first-order valence-corrected chi connectivity index (χ1v) is 39.2. The number of ether oxygens (including phenoxy) is 4. The molecule has 4 heterocycles. The molecule has 0 aliphatic carbocycles. The molecule has 12 rings (SSSR count). The fourth-order valence-corrected chi connectivity index (χ4v) is 14.2. The Labute approximate surface area is 683 Å². The summed E-state index contributed by atoms with van der Waals surface area (Å²) < 4.78 is 109. The van der Waals surface area contributed by atoms with Crippen molar-refractivity contribution in [2.75, 3.05) is 39.5 Å². The number of hydrogen-bond acceptors (Lipinski definition) is 11. The third-order valence-corrected chi connectivity index (χ3v) is 20.9. The first kappa shape index (κ1) is 96.8. The SMILES string of the molecule is CCO.CCO.CCO.CCO.[C-]#[N+]c1ccc2c(c1)COC2(CCC=NS(=O)C(C)(C)C)c1ccc(F)cc1.[C-]#[N+]c1ccc2c(c1)COC2(CCC=O)c1ccc(F)cc1.[C-]#[N+]c1ccc2c(c1)COC2(CCCNS(=O)C(C)(C)C)c1ccc(F)cc1.[C-]#[N+]c1ccc2c(c1)COC2(CCC[NH3+])c1ccc(F)cc1.[Ti]. The number of halogens is 4. The second kappa shape index (κ2) is 47.3. The molecule has 0 saturated carbocycles. The van der Waals surface area contributed by atoms with Gasteiger partial charge in [0, 0.05) is 67.3 Å². The average Bonchev–Trinajstić information content (AvgIpc) is 1.63. The largest absolute Gasteiger partial charge is 0.397 e. The van der Waals surface area contributed by atoms with Crippen LogP contribution in [-0.4, -0.2) is 90.4 Å². The van der Waals surface area contributed by atoms with Gasteiger partial charge in [-0.15, -0.1) is 0 Å². The van der Waals surface area contributed by atoms with E-state index in [-0.39, 0.29) is 76.2 Å². The number of nitrogens with one attached hydrogen (secondary N) is 1. The summed E-state index contributed by atoms with van der Waals surface area (Å²) in [6.07, 6.45) is 7.64. The normalized spacial score (nSPS) is 18.2. The number of carbonyl (C=O) groups excluding carboxylic acids is 1. The summed E-state index contributed by atoms with van der Waals surface area (Å²) in [5.74, 6) is -1.15. The van der Waals surface area contributed by atoms with Crippen LogP contribution in [0.25, 0.3) is 19.4 Å². The van der Waals surface area contributed by atoms with Crippen molar-refractivity contribution in [3.63, 3.8) is 0 Å². The minimum absolute atomic E-state index is 0. The quantitative estimate of drug-likeness (QED) is 0.0111. The van der Waals surface area contributed by atoms with Crippen molar-refractivity contribution in [1.82, 2.24) is 4.72 Å². The molecule has 0 bridgehead atoms. The number of carbonyl (C=O) groups is 1. The zero-order valence-electron chi connectivity index (χ0n) is 66.0. The number of aliphatic hydroxyl groups excluding tert-OH is 4. The van der Waals surface area contributed by atoms with Gasteiger partial charge in [-0.2, -0.15) is 4.40 Å². The molecule has 8 aromatic carbocycles. The summed E-state index contributed by atoms with van der Waals surface area (Å²) >= 11 is 0. The monoisotopic (exact) mass is 1620 g/mol. The Morgan fingerprint density at radius 1 is 0.451 bits per heavy atom. The number of benzene rings is 8. The molecule has 25 heteroatoms. The Kier molecular flexibility index (Phi) is 40.5. The Morgan fingerprint density at radius 2 is 0.717 bits per heavy atom. The first-order valence-electron chi connectivity index (χ1n) is 37.0. The van der Waals surface area contributed by atoms with E-state index in [1.54, 1.807) is 101 Å². The van der Waals surface area contributed by atoms with Crippen LogP contribution in [0.15, 0.2) is 174 Å². The summed E-state index contributed by atoms with van der Waals surface area (Å²) in [4.78, 5) is 24.7. The van der Waals surface area contributed by atoms with Crippen LogP contribution in [0.3, 0.4) is 0 Å². The van der Waals surface area contributed by atoms with E-state index in [2.05, 4.69) is 34.2 Å². The van der Waals surface area contributed by atoms with E-state index in [1.165, 1.54) is 48.5 Å². The van der Waals surface area contributed by atoms with E-state index < -0.39 is 49.1 Å². The Bertz CT molecular complexity index is 4580. The molecule has 4 aliphatic heterocycles. The molecule has 6 atom stereocenters. The summed E-state index contributed by atoms with van der Waals surface area (Å²) in [5, 5.41) is 30.3. The van der Waals surface area contributed by atoms with Gasteiger partial charge in [-0.1, -0.05) is 121 Å². The van der Waals surface area contributed by atoms with Crippen molar-refractivity contribution < 1.29 is 97.6 Å². The molecule has 8 aromatic rings. The second-order valence-electron chi connectivity index (χ2n) is 27.8. The van der Waals surface area contributed by atoms with E-state index in [1.807, 2.05) is 96.1 Å². The predicted molar refractivity (Wildman–Crippen MR) is 433 cm³/mol. The topological polar surface area (TPSA) is 239 Å². The number of quaternary nitrogens is 1. The van der Waals surface area contributed by atoms with Crippen LogP contribution in [0.5, 0.6) is 0 Å². The van der Waals surface area contributed by atoms with Crippen LogP contribution in [-0.2, 0) is 116 Å². The first-order chi connectivity index (χ1) is 53.6. The fraction of sp³-hybridized carbons (Fsp3) is 0.386. The molecule has 0 spiro atoms. The molecule has 0 aromatic heterocycles. The van der Waals surface area contributed by atoms with Gasteiger partial charge in [-0.3, -0.25) is 0 Å². The predicted octanol–water partition coefficient (Wildman–Crippen LogP) is 17.7. The molecule has 0 saturated heterocycles. The maximum absolute atomic E-state index is 13.5. The van der Waals surface area contributed by atoms with Gasteiger partial charge in [-0.25, -0.2) is 50.1 Å². The minimum Gasteiger partial charge on any atom is -0.397 e. The number of hydrogen-bond donors (Lipinski definition) is 6. The Hall–Kier alpha value is -8.61. The van der Waals surface area contributed by atoms with Crippen molar-refractivity contribution in [1.29, 1.82) is 0 Å². The van der Waals surface area contributed by atoms with Gasteiger partial charge in [0.1, 0.15) is 62.9 Å². The van der Waals surface area contributed by atoms with Crippen molar-refractivity contribution >= 4 is 57.2 Å².